The molecular weight excluding hydrogens is 264 g/mol. The van der Waals surface area contributed by atoms with Gasteiger partial charge in [-0.05, 0) is 31.5 Å². The van der Waals surface area contributed by atoms with Crippen LogP contribution >= 0.6 is 0 Å². The monoisotopic (exact) mass is 286 g/mol. The van der Waals surface area contributed by atoms with Crippen molar-refractivity contribution in [2.45, 2.75) is 24.8 Å². The second kappa shape index (κ2) is 7.77. The second-order valence-corrected chi connectivity index (χ2v) is 5.47. The maximum Gasteiger partial charge on any atom is 0.231 e. The number of nitrogens with zero attached hydrogens (tertiary/aromatic N) is 2. The Bertz CT molecular complexity index is 491. The van der Waals surface area contributed by atoms with Crippen LogP contribution in [0.5, 0.6) is 0 Å². The topological polar surface area (TPSA) is 82.2 Å². The van der Waals surface area contributed by atoms with Gasteiger partial charge in [0, 0.05) is 12.6 Å². The van der Waals surface area contributed by atoms with Crippen LogP contribution in [0, 0.1) is 11.3 Å². The molecule has 1 atom stereocenters. The Hall–Kier alpha value is -1.90. The van der Waals surface area contributed by atoms with Crippen LogP contribution in [0.4, 0.5) is 0 Å². The zero-order valence-corrected chi connectivity index (χ0v) is 12.2. The van der Waals surface area contributed by atoms with Gasteiger partial charge < -0.3 is 11.1 Å². The molecule has 0 bridgehead atoms. The molecule has 0 aliphatic carbocycles. The molecule has 1 amide bonds. The van der Waals surface area contributed by atoms with Crippen molar-refractivity contribution in [1.82, 2.24) is 10.2 Å². The van der Waals surface area contributed by atoms with Gasteiger partial charge in [0.25, 0.3) is 0 Å². The van der Waals surface area contributed by atoms with E-state index in [4.69, 9.17) is 5.73 Å². The lowest BCUT2D eigenvalue weighted by Gasteiger charge is -2.34. The molecule has 2 rings (SSSR count). The van der Waals surface area contributed by atoms with Crippen LogP contribution in [0.2, 0.25) is 0 Å². The molecule has 1 aliphatic rings. The van der Waals surface area contributed by atoms with Gasteiger partial charge in [0.05, 0.1) is 18.5 Å². The van der Waals surface area contributed by atoms with Crippen LogP contribution in [0.1, 0.15) is 24.3 Å². The number of piperidine rings is 1. The summed E-state index contributed by atoms with van der Waals surface area (Å²) in [6.07, 6.45) is 1.97. The fraction of sp³-hybridized carbons (Fsp3) is 0.500. The quantitative estimate of drug-likeness (QED) is 0.811. The van der Waals surface area contributed by atoms with E-state index in [9.17, 15) is 10.1 Å². The van der Waals surface area contributed by atoms with Crippen molar-refractivity contribution in [3.63, 3.8) is 0 Å². The lowest BCUT2D eigenvalue weighted by molar-refractivity contribution is -0.119. The number of carbonyl (C=O) groups is 1. The molecule has 5 heteroatoms. The lowest BCUT2D eigenvalue weighted by Crippen LogP contribution is -2.47. The zero-order valence-electron chi connectivity index (χ0n) is 12.2. The number of primary amides is 1. The molecule has 1 fully saturated rings. The maximum absolute atomic E-state index is 11.3. The molecule has 0 saturated carbocycles. The van der Waals surface area contributed by atoms with Gasteiger partial charge in [0.2, 0.25) is 5.91 Å². The zero-order chi connectivity index (χ0) is 15.1. The van der Waals surface area contributed by atoms with Crippen LogP contribution in [0.15, 0.2) is 30.3 Å². The van der Waals surface area contributed by atoms with E-state index in [1.165, 1.54) is 0 Å². The van der Waals surface area contributed by atoms with Crippen molar-refractivity contribution in [2.75, 3.05) is 26.2 Å². The van der Waals surface area contributed by atoms with E-state index >= 15 is 0 Å². The highest BCUT2D eigenvalue weighted by Gasteiger charge is 2.25. The summed E-state index contributed by atoms with van der Waals surface area (Å²) in [5, 5.41) is 12.8. The number of nitrogens with two attached hydrogens (primary N) is 1. The Labute approximate surface area is 125 Å². The van der Waals surface area contributed by atoms with Crippen molar-refractivity contribution >= 4 is 5.91 Å². The number of benzene rings is 1. The third-order valence-electron chi connectivity index (χ3n) is 3.96. The molecule has 1 heterocycles. The van der Waals surface area contributed by atoms with E-state index in [0.717, 1.165) is 31.5 Å². The first-order chi connectivity index (χ1) is 10.2. The molecular formula is C16H22N4O. The van der Waals surface area contributed by atoms with Crippen molar-refractivity contribution < 1.29 is 4.79 Å². The van der Waals surface area contributed by atoms with E-state index in [-0.39, 0.29) is 18.4 Å². The Kier molecular flexibility index (Phi) is 5.73. The molecule has 0 radical (unpaired) electrons. The summed E-state index contributed by atoms with van der Waals surface area (Å²) in [5.41, 5.74) is 6.37. The lowest BCUT2D eigenvalue weighted by atomic mass is 9.97. The summed E-state index contributed by atoms with van der Waals surface area (Å²) >= 11 is 0. The van der Waals surface area contributed by atoms with Gasteiger partial charge in [0.1, 0.15) is 0 Å². The highest BCUT2D eigenvalue weighted by atomic mass is 16.1. The van der Waals surface area contributed by atoms with Gasteiger partial charge in [-0.3, -0.25) is 9.69 Å². The van der Waals surface area contributed by atoms with E-state index < -0.39 is 0 Å². The van der Waals surface area contributed by atoms with Crippen LogP contribution in [-0.2, 0) is 4.79 Å². The smallest absolute Gasteiger partial charge is 0.231 e. The normalized spacial score (nSPS) is 17.3. The standard InChI is InChI=1S/C16H22N4O/c17-10-14(13-4-2-1-3-5-13)11-20(12-16(18)21)15-6-8-19-9-7-15/h1-5,14-15,19H,6-9,11-12H2,(H2,18,21). The SMILES string of the molecule is N#CC(CN(CC(N)=O)C1CCNCC1)c1ccccc1. The summed E-state index contributed by atoms with van der Waals surface area (Å²) in [6, 6.07) is 12.4. The number of rotatable bonds is 6. The summed E-state index contributed by atoms with van der Waals surface area (Å²) in [6.45, 7) is 2.66. The summed E-state index contributed by atoms with van der Waals surface area (Å²) < 4.78 is 0. The maximum atomic E-state index is 11.3. The minimum atomic E-state index is -0.335. The number of hydrogen-bond donors (Lipinski definition) is 2. The van der Waals surface area contributed by atoms with E-state index in [1.807, 2.05) is 30.3 Å². The highest BCUT2D eigenvalue weighted by Crippen LogP contribution is 2.20. The first kappa shape index (κ1) is 15.5. The molecule has 1 saturated heterocycles. The van der Waals surface area contributed by atoms with E-state index in [2.05, 4.69) is 16.3 Å². The van der Waals surface area contributed by atoms with Crippen molar-refractivity contribution in [3.8, 4) is 6.07 Å². The van der Waals surface area contributed by atoms with Crippen LogP contribution < -0.4 is 11.1 Å². The predicted octanol–water partition coefficient (Wildman–Crippen LogP) is 0.833. The largest absolute Gasteiger partial charge is 0.369 e. The molecule has 5 nitrogen and oxygen atoms in total. The highest BCUT2D eigenvalue weighted by molar-refractivity contribution is 5.76. The molecule has 0 spiro atoms. The fourth-order valence-corrected chi connectivity index (χ4v) is 2.86. The summed E-state index contributed by atoms with van der Waals surface area (Å²) in [4.78, 5) is 13.4. The predicted molar refractivity (Wildman–Crippen MR) is 81.5 cm³/mol. The van der Waals surface area contributed by atoms with E-state index in [0.29, 0.717) is 12.6 Å². The van der Waals surface area contributed by atoms with Gasteiger partial charge in [-0.1, -0.05) is 30.3 Å². The minimum absolute atomic E-state index is 0.218. The number of amides is 1. The Morgan fingerprint density at radius 1 is 1.38 bits per heavy atom. The molecule has 21 heavy (non-hydrogen) atoms. The first-order valence-electron chi connectivity index (χ1n) is 7.38. The number of nitriles is 1. The van der Waals surface area contributed by atoms with Gasteiger partial charge in [-0.25, -0.2) is 0 Å². The van der Waals surface area contributed by atoms with Crippen LogP contribution in [-0.4, -0.2) is 43.0 Å². The average Bonchev–Trinajstić information content (AvgIpc) is 2.52. The Morgan fingerprint density at radius 3 is 2.62 bits per heavy atom. The minimum Gasteiger partial charge on any atom is -0.369 e. The average molecular weight is 286 g/mol. The first-order valence-corrected chi connectivity index (χ1v) is 7.38. The Balaban J connectivity index is 2.09. The van der Waals surface area contributed by atoms with Crippen LogP contribution in [0.3, 0.4) is 0 Å². The third-order valence-corrected chi connectivity index (χ3v) is 3.96. The van der Waals surface area contributed by atoms with Gasteiger partial charge in [0.15, 0.2) is 0 Å². The molecule has 0 aromatic heterocycles. The number of nitrogens with one attached hydrogen (secondary N) is 1. The number of carbonyl (C=O) groups excluding carboxylic acids is 1. The van der Waals surface area contributed by atoms with Gasteiger partial charge in [-0.15, -0.1) is 0 Å². The summed E-state index contributed by atoms with van der Waals surface area (Å²) in [5.74, 6) is -0.571. The fourth-order valence-electron chi connectivity index (χ4n) is 2.86. The molecule has 1 unspecified atom stereocenters. The van der Waals surface area contributed by atoms with Crippen molar-refractivity contribution in [1.29, 1.82) is 5.26 Å². The summed E-state index contributed by atoms with van der Waals surface area (Å²) in [7, 11) is 0. The third kappa shape index (κ3) is 4.55. The molecule has 1 aromatic rings. The Morgan fingerprint density at radius 2 is 2.05 bits per heavy atom. The van der Waals surface area contributed by atoms with Crippen molar-refractivity contribution in [2.24, 2.45) is 5.73 Å². The molecule has 112 valence electrons. The van der Waals surface area contributed by atoms with Crippen LogP contribution in [0.25, 0.3) is 0 Å². The molecule has 3 N–H and O–H groups in total. The molecule has 1 aliphatic heterocycles. The van der Waals surface area contributed by atoms with Gasteiger partial charge in [-0.2, -0.15) is 5.26 Å². The number of hydrogen-bond acceptors (Lipinski definition) is 4. The molecule has 1 aromatic carbocycles. The van der Waals surface area contributed by atoms with Gasteiger partial charge >= 0.3 is 0 Å². The van der Waals surface area contributed by atoms with Crippen molar-refractivity contribution in [3.05, 3.63) is 35.9 Å². The van der Waals surface area contributed by atoms with E-state index in [1.54, 1.807) is 0 Å². The second-order valence-electron chi connectivity index (χ2n) is 5.47.